The molecular formula is C30H36FN5O2. The van der Waals surface area contributed by atoms with Gasteiger partial charge in [-0.15, -0.1) is 0 Å². The van der Waals surface area contributed by atoms with Gasteiger partial charge in [0, 0.05) is 25.4 Å². The number of imidazole rings is 1. The smallest absolute Gasteiger partial charge is 0.208 e. The maximum Gasteiger partial charge on any atom is 0.208 e. The molecule has 0 aliphatic heterocycles. The van der Waals surface area contributed by atoms with E-state index in [1.807, 2.05) is 35.9 Å². The number of aryl methyl sites for hydroxylation is 1. The highest BCUT2D eigenvalue weighted by atomic mass is 19.1. The highest BCUT2D eigenvalue weighted by Crippen LogP contribution is 2.30. The second-order valence-corrected chi connectivity index (χ2v) is 9.83. The summed E-state index contributed by atoms with van der Waals surface area (Å²) in [5.74, 6) is 1.84. The van der Waals surface area contributed by atoms with E-state index in [4.69, 9.17) is 4.74 Å². The van der Waals surface area contributed by atoms with Gasteiger partial charge in [-0.3, -0.25) is 14.7 Å². The van der Waals surface area contributed by atoms with Gasteiger partial charge in [-0.05, 0) is 61.3 Å². The molecule has 0 amide bonds. The van der Waals surface area contributed by atoms with Crippen molar-refractivity contribution in [2.45, 2.75) is 46.5 Å². The number of carbonyl (C=O) groups excluding carboxylic acids is 1. The number of likely N-dealkylation sites (N-methyl/N-ethyl adjacent to an activating group) is 1. The van der Waals surface area contributed by atoms with Crippen molar-refractivity contribution < 1.29 is 13.9 Å². The van der Waals surface area contributed by atoms with E-state index >= 15 is 0 Å². The fourth-order valence-electron chi connectivity index (χ4n) is 4.40. The summed E-state index contributed by atoms with van der Waals surface area (Å²) in [7, 11) is 1.88. The Labute approximate surface area is 223 Å². The first-order valence-corrected chi connectivity index (χ1v) is 13.2. The summed E-state index contributed by atoms with van der Waals surface area (Å²) in [6.45, 7) is 10.5. The topological polar surface area (TPSA) is 72.3 Å². The molecule has 200 valence electrons. The first kappa shape index (κ1) is 27.3. The Morgan fingerprint density at radius 2 is 1.89 bits per heavy atom. The molecule has 1 N–H and O–H groups in total. The van der Waals surface area contributed by atoms with Crippen LogP contribution >= 0.6 is 0 Å². The van der Waals surface area contributed by atoms with Gasteiger partial charge in [0.15, 0.2) is 5.78 Å². The monoisotopic (exact) mass is 517 g/mol. The highest BCUT2D eigenvalue weighted by Gasteiger charge is 2.14. The molecule has 0 saturated carbocycles. The highest BCUT2D eigenvalue weighted by molar-refractivity contribution is 5.83. The summed E-state index contributed by atoms with van der Waals surface area (Å²) >= 11 is 0. The number of hydrogen-bond donors (Lipinski definition) is 1. The minimum Gasteiger partial charge on any atom is -0.457 e. The van der Waals surface area contributed by atoms with Gasteiger partial charge in [-0.25, -0.2) is 9.37 Å². The lowest BCUT2D eigenvalue weighted by molar-refractivity contribution is -0.119. The van der Waals surface area contributed by atoms with Crippen molar-refractivity contribution in [3.05, 3.63) is 71.8 Å². The van der Waals surface area contributed by atoms with Crippen molar-refractivity contribution in [2.75, 3.05) is 25.0 Å². The normalized spacial score (nSPS) is 11.5. The lowest BCUT2D eigenvalue weighted by Crippen LogP contribution is -2.31. The Hall–Kier alpha value is -3.78. The zero-order valence-electron chi connectivity index (χ0n) is 22.8. The Balaban J connectivity index is 1.49. The Bertz CT molecular complexity index is 1420. The van der Waals surface area contributed by atoms with Gasteiger partial charge in [0.1, 0.15) is 17.3 Å². The molecule has 2 heterocycles. The SMILES string of the molecule is CCCN(CC)CC(=O)Cc1cc(Oc2ccc3c(c2)nc(Nc2cc(C(C)C)ccc2F)n3C)ccn1. The summed E-state index contributed by atoms with van der Waals surface area (Å²) in [4.78, 5) is 23.7. The van der Waals surface area contributed by atoms with E-state index in [-0.39, 0.29) is 23.9 Å². The first-order valence-electron chi connectivity index (χ1n) is 13.2. The lowest BCUT2D eigenvalue weighted by atomic mass is 10.0. The molecule has 0 bridgehead atoms. The van der Waals surface area contributed by atoms with Gasteiger partial charge in [0.05, 0.1) is 35.4 Å². The van der Waals surface area contributed by atoms with Crippen molar-refractivity contribution >= 4 is 28.5 Å². The number of anilines is 2. The van der Waals surface area contributed by atoms with Crippen molar-refractivity contribution in [3.8, 4) is 11.5 Å². The van der Waals surface area contributed by atoms with E-state index < -0.39 is 0 Å². The van der Waals surface area contributed by atoms with Crippen molar-refractivity contribution in [1.82, 2.24) is 19.4 Å². The summed E-state index contributed by atoms with van der Waals surface area (Å²) in [6.07, 6.45) is 2.94. The van der Waals surface area contributed by atoms with Crippen LogP contribution in [0.4, 0.5) is 16.0 Å². The molecule has 0 spiro atoms. The number of nitrogens with one attached hydrogen (secondary N) is 1. The quantitative estimate of drug-likeness (QED) is 0.228. The zero-order valence-corrected chi connectivity index (χ0v) is 22.8. The molecule has 0 aliphatic carbocycles. The van der Waals surface area contributed by atoms with E-state index in [0.717, 1.165) is 30.6 Å². The fraction of sp³-hybridized carbons (Fsp3) is 0.367. The van der Waals surface area contributed by atoms with Crippen LogP contribution in [0.15, 0.2) is 54.7 Å². The molecule has 38 heavy (non-hydrogen) atoms. The molecule has 0 aliphatic rings. The van der Waals surface area contributed by atoms with E-state index in [9.17, 15) is 9.18 Å². The Morgan fingerprint density at radius 3 is 2.63 bits per heavy atom. The molecule has 8 heteroatoms. The molecule has 0 saturated heterocycles. The number of aromatic nitrogens is 3. The van der Waals surface area contributed by atoms with E-state index in [2.05, 4.69) is 47.9 Å². The summed E-state index contributed by atoms with van der Waals surface area (Å²) < 4.78 is 22.5. The number of halogens is 1. The molecule has 0 unspecified atom stereocenters. The average Bonchev–Trinajstić information content (AvgIpc) is 3.19. The number of ketones is 1. The van der Waals surface area contributed by atoms with Crippen LogP contribution in [0, 0.1) is 5.82 Å². The van der Waals surface area contributed by atoms with Crippen LogP contribution in [-0.4, -0.2) is 44.9 Å². The molecular weight excluding hydrogens is 481 g/mol. The molecule has 4 aromatic rings. The minimum absolute atomic E-state index is 0.134. The second-order valence-electron chi connectivity index (χ2n) is 9.83. The van der Waals surface area contributed by atoms with Crippen LogP contribution in [0.2, 0.25) is 0 Å². The maximum absolute atomic E-state index is 14.5. The van der Waals surface area contributed by atoms with Gasteiger partial charge >= 0.3 is 0 Å². The number of pyridine rings is 1. The van der Waals surface area contributed by atoms with Crippen molar-refractivity contribution in [2.24, 2.45) is 7.05 Å². The summed E-state index contributed by atoms with van der Waals surface area (Å²) in [5.41, 5.74) is 3.71. The van der Waals surface area contributed by atoms with Gasteiger partial charge < -0.3 is 14.6 Å². The number of carbonyl (C=O) groups is 1. The fourth-order valence-corrected chi connectivity index (χ4v) is 4.40. The molecule has 7 nitrogen and oxygen atoms in total. The molecule has 4 rings (SSSR count). The lowest BCUT2D eigenvalue weighted by Gasteiger charge is -2.18. The van der Waals surface area contributed by atoms with Crippen LogP contribution in [0.5, 0.6) is 11.5 Å². The van der Waals surface area contributed by atoms with Gasteiger partial charge in [-0.1, -0.05) is 33.8 Å². The number of rotatable bonds is 12. The van der Waals surface area contributed by atoms with Gasteiger partial charge in [-0.2, -0.15) is 0 Å². The minimum atomic E-state index is -0.329. The Morgan fingerprint density at radius 1 is 1.11 bits per heavy atom. The molecule has 2 aromatic heterocycles. The molecule has 0 atom stereocenters. The number of hydrogen-bond acceptors (Lipinski definition) is 6. The van der Waals surface area contributed by atoms with E-state index in [1.54, 1.807) is 24.4 Å². The first-order chi connectivity index (χ1) is 18.3. The predicted molar refractivity (Wildman–Crippen MR) is 150 cm³/mol. The largest absolute Gasteiger partial charge is 0.457 e. The van der Waals surface area contributed by atoms with Crippen LogP contribution in [0.1, 0.15) is 51.3 Å². The second kappa shape index (κ2) is 12.2. The van der Waals surface area contributed by atoms with Crippen molar-refractivity contribution in [1.29, 1.82) is 0 Å². The molecule has 0 fully saturated rings. The Kier molecular flexibility index (Phi) is 8.73. The van der Waals surface area contributed by atoms with Crippen LogP contribution in [0.3, 0.4) is 0 Å². The predicted octanol–water partition coefficient (Wildman–Crippen LogP) is 6.61. The van der Waals surface area contributed by atoms with Crippen molar-refractivity contribution in [3.63, 3.8) is 0 Å². The summed E-state index contributed by atoms with van der Waals surface area (Å²) in [5, 5.41) is 3.14. The third kappa shape index (κ3) is 6.55. The van der Waals surface area contributed by atoms with Crippen LogP contribution < -0.4 is 10.1 Å². The van der Waals surface area contributed by atoms with E-state index in [0.29, 0.717) is 40.9 Å². The number of nitrogens with zero attached hydrogens (tertiary/aromatic N) is 4. The van der Waals surface area contributed by atoms with Gasteiger partial charge in [0.2, 0.25) is 5.95 Å². The number of ether oxygens (including phenoxy) is 1. The zero-order chi connectivity index (χ0) is 27.2. The number of fused-ring (bicyclic) bond motifs is 1. The number of benzene rings is 2. The van der Waals surface area contributed by atoms with Gasteiger partial charge in [0.25, 0.3) is 0 Å². The van der Waals surface area contributed by atoms with E-state index in [1.165, 1.54) is 6.07 Å². The van der Waals surface area contributed by atoms with Crippen LogP contribution in [-0.2, 0) is 18.3 Å². The third-order valence-corrected chi connectivity index (χ3v) is 6.54. The average molecular weight is 518 g/mol. The summed E-state index contributed by atoms with van der Waals surface area (Å²) in [6, 6.07) is 14.3. The third-order valence-electron chi connectivity index (χ3n) is 6.54. The standard InChI is InChI=1S/C30H36FN5O2/c1-6-14-36(7-2)19-23(37)16-22-17-25(12-13-32-22)38-24-9-11-29-28(18-24)34-30(35(29)5)33-27-15-21(20(3)4)8-10-26(27)31/h8-13,15,17-18,20H,6-7,14,16,19H2,1-5H3,(H,33,34). The number of Topliss-reactive ketones (excluding diaryl/α,β-unsaturated/α-hetero) is 1. The molecule has 2 aromatic carbocycles. The van der Waals surface area contributed by atoms with Crippen LogP contribution in [0.25, 0.3) is 11.0 Å². The molecule has 0 radical (unpaired) electrons. The maximum atomic E-state index is 14.5.